The van der Waals surface area contributed by atoms with E-state index in [0.717, 1.165) is 13.1 Å². The molecule has 1 aromatic carbocycles. The summed E-state index contributed by atoms with van der Waals surface area (Å²) in [4.78, 5) is 33.0. The summed E-state index contributed by atoms with van der Waals surface area (Å²) < 4.78 is 34.0. The topological polar surface area (TPSA) is 125 Å². The first-order valence-electron chi connectivity index (χ1n) is 8.93. The molecule has 11 heteroatoms. The molecule has 30 heavy (non-hydrogen) atoms. The summed E-state index contributed by atoms with van der Waals surface area (Å²) in [7, 11) is 0. The summed E-state index contributed by atoms with van der Waals surface area (Å²) in [6, 6.07) is 6.23. The van der Waals surface area contributed by atoms with Crippen molar-refractivity contribution in [3.8, 4) is 5.75 Å². The number of halogens is 2. The zero-order valence-corrected chi connectivity index (χ0v) is 16.5. The van der Waals surface area contributed by atoms with Crippen LogP contribution in [0.5, 0.6) is 5.75 Å². The number of alkyl halides is 2. The molecule has 0 spiro atoms. The number of rotatable bonds is 6. The Labute approximate surface area is 171 Å². The molecule has 9 nitrogen and oxygen atoms in total. The van der Waals surface area contributed by atoms with E-state index in [4.69, 9.17) is 14.9 Å². The Morgan fingerprint density at radius 3 is 2.23 bits per heavy atom. The lowest BCUT2D eigenvalue weighted by Crippen LogP contribution is -2.57. The number of amides is 1. The number of carbonyl (C=O) groups is 3. The highest BCUT2D eigenvalue weighted by atomic mass is 19.3. The van der Waals surface area contributed by atoms with Crippen LogP contribution in [0.25, 0.3) is 0 Å². The number of hydrogen-bond donors (Lipinski definition) is 3. The maximum atomic E-state index is 12.2. The average Bonchev–Trinajstić information content (AvgIpc) is 2.65. The fourth-order valence-corrected chi connectivity index (χ4v) is 2.67. The standard InChI is InChI=1S/C15H20F2N2O3.C4H4O4/c1-10-7-18-8-11(2)19(10)15(20)21-9-12-4-3-5-13(6-12)22-14(16)17;5-3(6)1-2-4(7)8/h3-6,10-11,14,18H,7-9H2,1-2H3;1-2H,(H,5,6)(H,7,8)/t10-,11+;. The fourth-order valence-electron chi connectivity index (χ4n) is 2.67. The quantitative estimate of drug-likeness (QED) is 0.587. The normalized spacial score (nSPS) is 18.5. The lowest BCUT2D eigenvalue weighted by molar-refractivity contribution is -0.134. The van der Waals surface area contributed by atoms with Crippen LogP contribution in [0.2, 0.25) is 0 Å². The number of nitrogens with one attached hydrogen (secondary N) is 1. The van der Waals surface area contributed by atoms with Crippen molar-refractivity contribution >= 4 is 18.0 Å². The minimum Gasteiger partial charge on any atom is -0.478 e. The predicted molar refractivity (Wildman–Crippen MR) is 101 cm³/mol. The van der Waals surface area contributed by atoms with Crippen molar-refractivity contribution < 1.29 is 42.9 Å². The number of benzene rings is 1. The molecule has 0 aromatic heterocycles. The molecule has 1 aliphatic rings. The summed E-state index contributed by atoms with van der Waals surface area (Å²) in [6.45, 7) is 2.47. The summed E-state index contributed by atoms with van der Waals surface area (Å²) in [5.74, 6) is -2.47. The Bertz CT molecular complexity index is 732. The van der Waals surface area contributed by atoms with Crippen molar-refractivity contribution in [2.24, 2.45) is 0 Å². The third-order valence-electron chi connectivity index (χ3n) is 3.89. The molecule has 0 saturated carbocycles. The van der Waals surface area contributed by atoms with Crippen molar-refractivity contribution in [3.63, 3.8) is 0 Å². The van der Waals surface area contributed by atoms with E-state index in [0.29, 0.717) is 17.7 Å². The van der Waals surface area contributed by atoms with Gasteiger partial charge in [-0.2, -0.15) is 8.78 Å². The highest BCUT2D eigenvalue weighted by Crippen LogP contribution is 2.18. The molecule has 0 radical (unpaired) electrons. The summed E-state index contributed by atoms with van der Waals surface area (Å²) in [5.41, 5.74) is 0.599. The molecule has 1 fully saturated rings. The van der Waals surface area contributed by atoms with Crippen LogP contribution < -0.4 is 10.1 Å². The lowest BCUT2D eigenvalue weighted by Gasteiger charge is -2.38. The van der Waals surface area contributed by atoms with Gasteiger partial charge in [0.2, 0.25) is 0 Å². The second-order valence-corrected chi connectivity index (χ2v) is 6.35. The number of nitrogens with zero attached hydrogens (tertiary/aromatic N) is 1. The van der Waals surface area contributed by atoms with Crippen LogP contribution in [0.1, 0.15) is 19.4 Å². The molecule has 0 bridgehead atoms. The Morgan fingerprint density at radius 1 is 1.17 bits per heavy atom. The van der Waals surface area contributed by atoms with Gasteiger partial charge in [0.25, 0.3) is 0 Å². The second-order valence-electron chi connectivity index (χ2n) is 6.35. The molecular formula is C19H24F2N2O7. The first kappa shape index (κ1) is 24.8. The molecule has 1 amide bonds. The van der Waals surface area contributed by atoms with Crippen LogP contribution >= 0.6 is 0 Å². The lowest BCUT2D eigenvalue weighted by atomic mass is 10.1. The maximum absolute atomic E-state index is 12.2. The molecule has 0 aliphatic carbocycles. The molecular weight excluding hydrogens is 406 g/mol. The average molecular weight is 430 g/mol. The van der Waals surface area contributed by atoms with Crippen molar-refractivity contribution in [1.82, 2.24) is 10.2 Å². The molecule has 2 rings (SSSR count). The van der Waals surface area contributed by atoms with Crippen LogP contribution in [-0.4, -0.2) is 64.9 Å². The summed E-state index contributed by atoms with van der Waals surface area (Å²) in [5, 5.41) is 18.9. The van der Waals surface area contributed by atoms with Crippen molar-refractivity contribution in [2.45, 2.75) is 39.1 Å². The van der Waals surface area contributed by atoms with E-state index >= 15 is 0 Å². The number of aliphatic carboxylic acids is 2. The van der Waals surface area contributed by atoms with E-state index < -0.39 is 24.6 Å². The van der Waals surface area contributed by atoms with E-state index in [2.05, 4.69) is 10.1 Å². The molecule has 166 valence electrons. The largest absolute Gasteiger partial charge is 0.478 e. The maximum Gasteiger partial charge on any atom is 0.410 e. The first-order chi connectivity index (χ1) is 14.1. The third kappa shape index (κ3) is 9.32. The van der Waals surface area contributed by atoms with Gasteiger partial charge in [0.05, 0.1) is 0 Å². The molecule has 1 aromatic rings. The van der Waals surface area contributed by atoms with Crippen LogP contribution in [0.3, 0.4) is 0 Å². The minimum atomic E-state index is -2.87. The molecule has 0 unspecified atom stereocenters. The number of carboxylic acid groups (broad SMARTS) is 2. The molecule has 3 N–H and O–H groups in total. The van der Waals surface area contributed by atoms with E-state index in [9.17, 15) is 23.2 Å². The molecule has 1 heterocycles. The van der Waals surface area contributed by atoms with Gasteiger partial charge in [-0.3, -0.25) is 0 Å². The van der Waals surface area contributed by atoms with Gasteiger partial charge < -0.3 is 29.9 Å². The van der Waals surface area contributed by atoms with Gasteiger partial charge in [0.15, 0.2) is 0 Å². The van der Waals surface area contributed by atoms with Gasteiger partial charge in [0, 0.05) is 37.3 Å². The smallest absolute Gasteiger partial charge is 0.410 e. The number of hydrogen-bond acceptors (Lipinski definition) is 6. The predicted octanol–water partition coefficient (Wildman–Crippen LogP) is 2.32. The third-order valence-corrected chi connectivity index (χ3v) is 3.89. The van der Waals surface area contributed by atoms with Gasteiger partial charge in [-0.1, -0.05) is 12.1 Å². The molecule has 2 atom stereocenters. The van der Waals surface area contributed by atoms with Crippen LogP contribution in [0.15, 0.2) is 36.4 Å². The highest BCUT2D eigenvalue weighted by molar-refractivity contribution is 5.89. The van der Waals surface area contributed by atoms with Gasteiger partial charge in [-0.25, -0.2) is 14.4 Å². The zero-order chi connectivity index (χ0) is 22.7. The zero-order valence-electron chi connectivity index (χ0n) is 16.5. The van der Waals surface area contributed by atoms with Crippen molar-refractivity contribution in [2.75, 3.05) is 13.1 Å². The number of carboxylic acids is 2. The Hall–Kier alpha value is -3.21. The van der Waals surface area contributed by atoms with Crippen LogP contribution in [0.4, 0.5) is 13.6 Å². The fraction of sp³-hybridized carbons (Fsp3) is 0.421. The van der Waals surface area contributed by atoms with Crippen LogP contribution in [0, 0.1) is 0 Å². The van der Waals surface area contributed by atoms with E-state index in [1.54, 1.807) is 17.0 Å². The first-order valence-corrected chi connectivity index (χ1v) is 8.93. The number of piperazine rings is 1. The van der Waals surface area contributed by atoms with Gasteiger partial charge in [0.1, 0.15) is 12.4 Å². The summed E-state index contributed by atoms with van der Waals surface area (Å²) >= 11 is 0. The van der Waals surface area contributed by atoms with Gasteiger partial charge in [-0.05, 0) is 31.5 Å². The SMILES string of the molecule is C[C@@H]1CNC[C@H](C)N1C(=O)OCc1cccc(OC(F)F)c1.O=C(O)C=CC(=O)O. The molecule has 1 aliphatic heterocycles. The van der Waals surface area contributed by atoms with Gasteiger partial charge in [-0.15, -0.1) is 0 Å². The Balaban J connectivity index is 0.000000479. The molecule has 1 saturated heterocycles. The Kier molecular flexibility index (Phi) is 10.2. The van der Waals surface area contributed by atoms with E-state index in [1.807, 2.05) is 13.8 Å². The van der Waals surface area contributed by atoms with Crippen molar-refractivity contribution in [1.29, 1.82) is 0 Å². The number of ether oxygens (including phenoxy) is 2. The van der Waals surface area contributed by atoms with E-state index in [1.165, 1.54) is 12.1 Å². The van der Waals surface area contributed by atoms with Crippen LogP contribution in [-0.2, 0) is 20.9 Å². The highest BCUT2D eigenvalue weighted by Gasteiger charge is 2.29. The second kappa shape index (κ2) is 12.4. The summed E-state index contributed by atoms with van der Waals surface area (Å²) in [6.07, 6.45) is 0.715. The number of carbonyl (C=O) groups excluding carboxylic acids is 1. The van der Waals surface area contributed by atoms with Gasteiger partial charge >= 0.3 is 24.6 Å². The van der Waals surface area contributed by atoms with E-state index in [-0.39, 0.29) is 24.4 Å². The van der Waals surface area contributed by atoms with Crippen molar-refractivity contribution in [3.05, 3.63) is 42.0 Å². The minimum absolute atomic E-state index is 0.0165. The Morgan fingerprint density at radius 2 is 1.73 bits per heavy atom. The monoisotopic (exact) mass is 430 g/mol.